The molecule has 7 heterocycles. The Bertz CT molecular complexity index is 8160. The summed E-state index contributed by atoms with van der Waals surface area (Å²) in [4.78, 5) is 11.7. The summed E-state index contributed by atoms with van der Waals surface area (Å²) < 4.78 is 10.2. The highest BCUT2D eigenvalue weighted by Crippen LogP contribution is 2.54. The van der Waals surface area contributed by atoms with Gasteiger partial charge in [0, 0.05) is 98.2 Å². The molecule has 0 N–H and O–H groups in total. The van der Waals surface area contributed by atoms with Crippen molar-refractivity contribution in [3.8, 4) is 73.0 Å². The average Bonchev–Trinajstić information content (AvgIpc) is 0.712. The lowest BCUT2D eigenvalue weighted by Gasteiger charge is -2.45. The molecule has 0 atom stereocenters. The van der Waals surface area contributed by atoms with E-state index in [-0.39, 0.29) is 39.2 Å². The van der Waals surface area contributed by atoms with E-state index in [1.165, 1.54) is 113 Å². The van der Waals surface area contributed by atoms with Crippen molar-refractivity contribution in [2.75, 3.05) is 9.80 Å². The van der Waals surface area contributed by atoms with Gasteiger partial charge in [0.1, 0.15) is 5.82 Å². The van der Waals surface area contributed by atoms with Gasteiger partial charge >= 0.3 is 0 Å². The monoisotopic (exact) mass is 1740 g/mol. The zero-order valence-corrected chi connectivity index (χ0v) is 80.4. The SMILES string of the molecule is CC(C)(C)c1cc2c3c(c1)N(c1ccc(-c4ccccc4)cc1-c1ccccc1)c1ccc(-c4cc(-n5c6cc(C(C)(C)C)ccc6c6ccc(C(C)(C)C)cc65)cc(-n5c6cc(C(C)(C)C)ccc6c6c7c(ccc65)sc5ccccc57)n4)cc1B3c1ccc(-n3c4ccc(C(C)(C)C)cc4c4cc(C(C)(C)C)ccc43)cc1N2c1cc(-c2ccccc2)cc(-c2ccccc2)c1. The zero-order chi connectivity index (χ0) is 91.6. The summed E-state index contributed by atoms with van der Waals surface area (Å²) in [6.45, 7) is 42.0. The molecule has 16 aromatic carbocycles. The second-order valence-electron chi connectivity index (χ2n) is 43.7. The maximum absolute atomic E-state index is 6.35. The van der Waals surface area contributed by atoms with Gasteiger partial charge in [-0.2, -0.15) is 0 Å². The predicted molar refractivity (Wildman–Crippen MR) is 574 cm³/mol. The Morgan fingerprint density at radius 2 is 0.699 bits per heavy atom. The standard InChI is InChI=1S/C125H111BN6S/c1-120(2,3)84-48-57-104-98(66-84)99-67-85(121(4,5)6)49-58-105(99)128(104)90-50-54-100-111(74-90)130(91-62-82(77-35-25-20-26-36-77)61-83(63-91)78-37-27-21-28-38-78)112-71-89(125(16,17)18)72-113-119(112)126(100)101-65-81(44-56-106(101)131(113)103-55-43-80(76-33-23-19-24-34-76)64-97(103)79-39-29-22-30-40-79)102-73-92(129-108-68-86(122(7,8)9)45-51-93(108)94-52-46-87(69-109(94)129)123(10,11)12)75-116(127-102)132-107-59-60-115-118(96-41-31-32-42-114(96)133-115)117(107)95-53-47-88(70-110(95)132)124(13,14)15/h19-75H,1-18H3. The van der Waals surface area contributed by atoms with E-state index < -0.39 is 0 Å². The van der Waals surface area contributed by atoms with Crippen molar-refractivity contribution in [3.05, 3.63) is 379 Å². The molecule has 0 fully saturated rings. The van der Waals surface area contributed by atoms with Crippen LogP contribution in [0.1, 0.15) is 158 Å². The van der Waals surface area contributed by atoms with Gasteiger partial charge in [-0.15, -0.1) is 11.3 Å². The van der Waals surface area contributed by atoms with Crippen LogP contribution in [-0.2, 0) is 32.5 Å². The number of pyridine rings is 1. The third-order valence-electron chi connectivity index (χ3n) is 28.7. The fourth-order valence-electron chi connectivity index (χ4n) is 21.4. The van der Waals surface area contributed by atoms with Gasteiger partial charge < -0.3 is 18.9 Å². The third kappa shape index (κ3) is 13.9. The number of fused-ring (bicyclic) bond motifs is 17. The Morgan fingerprint density at radius 3 is 1.26 bits per heavy atom. The van der Waals surface area contributed by atoms with Crippen molar-refractivity contribution in [1.29, 1.82) is 0 Å². The maximum atomic E-state index is 6.35. The van der Waals surface area contributed by atoms with Crippen molar-refractivity contribution >= 4 is 154 Å². The van der Waals surface area contributed by atoms with Crippen molar-refractivity contribution in [2.45, 2.75) is 157 Å². The third-order valence-corrected chi connectivity index (χ3v) is 29.8. The maximum Gasteiger partial charge on any atom is 0.252 e. The van der Waals surface area contributed by atoms with Crippen LogP contribution in [0.5, 0.6) is 0 Å². The van der Waals surface area contributed by atoms with Crippen molar-refractivity contribution in [3.63, 3.8) is 0 Å². The van der Waals surface area contributed by atoms with Crippen LogP contribution in [0.25, 0.3) is 159 Å². The molecule has 2 aliphatic rings. The van der Waals surface area contributed by atoms with Crippen LogP contribution in [0.2, 0.25) is 0 Å². The summed E-state index contributed by atoms with van der Waals surface area (Å²) in [5.41, 5.74) is 36.9. The van der Waals surface area contributed by atoms with E-state index in [4.69, 9.17) is 4.98 Å². The van der Waals surface area contributed by atoms with Crippen LogP contribution in [0.15, 0.2) is 346 Å². The summed E-state index contributed by atoms with van der Waals surface area (Å²) in [5, 5.41) is 9.93. The molecular weight excluding hydrogens is 1630 g/mol. The second kappa shape index (κ2) is 30.2. The second-order valence-corrected chi connectivity index (χ2v) is 44.8. The largest absolute Gasteiger partial charge is 0.311 e. The first-order valence-corrected chi connectivity index (χ1v) is 48.2. The lowest BCUT2D eigenvalue weighted by molar-refractivity contribution is 0.590. The first kappa shape index (κ1) is 83.3. The molecule has 133 heavy (non-hydrogen) atoms. The first-order valence-electron chi connectivity index (χ1n) is 47.4. The normalized spacial score (nSPS) is 13.3. The predicted octanol–water partition coefficient (Wildman–Crippen LogP) is 32.9. The van der Waals surface area contributed by atoms with Gasteiger partial charge in [0.25, 0.3) is 6.71 Å². The fourth-order valence-corrected chi connectivity index (χ4v) is 22.5. The van der Waals surface area contributed by atoms with E-state index in [0.29, 0.717) is 0 Å². The van der Waals surface area contributed by atoms with E-state index >= 15 is 0 Å². The minimum absolute atomic E-state index is 0.0845. The Balaban J connectivity index is 0.863. The summed E-state index contributed by atoms with van der Waals surface area (Å²) >= 11 is 1.88. The molecule has 2 aliphatic heterocycles. The zero-order valence-electron chi connectivity index (χ0n) is 79.6. The number of rotatable bonds is 10. The van der Waals surface area contributed by atoms with Crippen molar-refractivity contribution in [2.24, 2.45) is 0 Å². The molecule has 5 aromatic heterocycles. The van der Waals surface area contributed by atoms with E-state index in [2.05, 4.69) is 494 Å². The molecular formula is C125H111BN6S. The Morgan fingerprint density at radius 1 is 0.233 bits per heavy atom. The Hall–Kier alpha value is -14.0. The highest BCUT2D eigenvalue weighted by atomic mass is 32.1. The highest BCUT2D eigenvalue weighted by Gasteiger charge is 2.46. The van der Waals surface area contributed by atoms with Crippen LogP contribution in [-0.4, -0.2) is 25.4 Å². The van der Waals surface area contributed by atoms with Crippen LogP contribution in [0.4, 0.5) is 34.1 Å². The minimum atomic E-state index is -0.343. The topological polar surface area (TPSA) is 34.2 Å². The van der Waals surface area contributed by atoms with E-state index in [9.17, 15) is 0 Å². The number of aromatic nitrogens is 4. The summed E-state index contributed by atoms with van der Waals surface area (Å²) in [6.07, 6.45) is 0. The molecule has 0 saturated heterocycles. The van der Waals surface area contributed by atoms with Gasteiger partial charge in [-0.05, 0) is 254 Å². The van der Waals surface area contributed by atoms with Gasteiger partial charge in [-0.3, -0.25) is 4.57 Å². The average molecular weight is 1740 g/mol. The minimum Gasteiger partial charge on any atom is -0.311 e. The lowest BCUT2D eigenvalue weighted by Crippen LogP contribution is -2.61. The van der Waals surface area contributed by atoms with E-state index in [0.717, 1.165) is 129 Å². The number of hydrogen-bond donors (Lipinski definition) is 0. The number of anilines is 6. The Kier molecular flexibility index (Phi) is 18.9. The number of hydrogen-bond acceptors (Lipinski definition) is 4. The molecule has 21 aromatic rings. The molecule has 0 unspecified atom stereocenters. The van der Waals surface area contributed by atoms with Gasteiger partial charge in [-0.25, -0.2) is 4.98 Å². The van der Waals surface area contributed by atoms with Crippen LogP contribution in [0, 0.1) is 0 Å². The molecule has 6 nitrogen and oxygen atoms in total. The molecule has 0 spiro atoms. The summed E-state index contributed by atoms with van der Waals surface area (Å²) in [6, 6.07) is 134. The van der Waals surface area contributed by atoms with Crippen LogP contribution < -0.4 is 26.2 Å². The van der Waals surface area contributed by atoms with Crippen LogP contribution in [0.3, 0.4) is 0 Å². The molecule has 8 heteroatoms. The van der Waals surface area contributed by atoms with Gasteiger partial charge in [0.05, 0.1) is 50.2 Å². The number of thiophene rings is 1. The molecule has 0 bridgehead atoms. The highest BCUT2D eigenvalue weighted by molar-refractivity contribution is 7.26. The first-order chi connectivity index (χ1) is 63.7. The van der Waals surface area contributed by atoms with Gasteiger partial charge in [-0.1, -0.05) is 337 Å². The quantitative estimate of drug-likeness (QED) is 0.128. The molecule has 0 radical (unpaired) electrons. The molecule has 0 saturated carbocycles. The van der Waals surface area contributed by atoms with Crippen LogP contribution >= 0.6 is 11.3 Å². The fraction of sp³-hybridized carbons (Fsp3) is 0.192. The van der Waals surface area contributed by atoms with E-state index in [1.54, 1.807) is 0 Å². The molecule has 23 rings (SSSR count). The Labute approximate surface area is 786 Å². The summed E-state index contributed by atoms with van der Waals surface area (Å²) in [5.74, 6) is 0.840. The summed E-state index contributed by atoms with van der Waals surface area (Å²) in [7, 11) is 0. The molecule has 650 valence electrons. The number of nitrogens with zero attached hydrogens (tertiary/aromatic N) is 6. The molecule has 0 aliphatic carbocycles. The van der Waals surface area contributed by atoms with Gasteiger partial charge in [0.2, 0.25) is 0 Å². The van der Waals surface area contributed by atoms with Crippen molar-refractivity contribution < 1.29 is 0 Å². The lowest BCUT2D eigenvalue weighted by atomic mass is 9.33. The number of benzene rings is 16. The van der Waals surface area contributed by atoms with Crippen molar-refractivity contribution in [1.82, 2.24) is 18.7 Å². The molecule has 0 amide bonds. The van der Waals surface area contributed by atoms with E-state index in [1.807, 2.05) is 11.3 Å². The van der Waals surface area contributed by atoms with Gasteiger partial charge in [0.15, 0.2) is 0 Å². The smallest absolute Gasteiger partial charge is 0.252 e.